The topological polar surface area (TPSA) is 26.3 Å². The molecule has 0 heterocycles. The third kappa shape index (κ3) is 4.98. The predicted octanol–water partition coefficient (Wildman–Crippen LogP) is 4.76. The number of carbonyl (C=O) groups is 1. The summed E-state index contributed by atoms with van der Waals surface area (Å²) in [5.41, 5.74) is 0. The number of benzene rings is 1. The minimum atomic E-state index is 0.358. The van der Waals surface area contributed by atoms with Crippen LogP contribution in [-0.4, -0.2) is 12.4 Å². The molecule has 1 aliphatic rings. The predicted molar refractivity (Wildman–Crippen MR) is 80.4 cm³/mol. The Balaban J connectivity index is 1.72. The van der Waals surface area contributed by atoms with Crippen molar-refractivity contribution in [3.63, 3.8) is 0 Å². The molecule has 1 saturated carbocycles. The number of ether oxygens (including phenoxy) is 1. The van der Waals surface area contributed by atoms with Crippen LogP contribution in [0.4, 0.5) is 0 Å². The molecule has 2 nitrogen and oxygen atoms in total. The second kappa shape index (κ2) is 7.68. The van der Waals surface area contributed by atoms with Crippen LogP contribution in [0.5, 0.6) is 5.75 Å². The van der Waals surface area contributed by atoms with E-state index in [0.29, 0.717) is 12.5 Å². The first-order valence-electron chi connectivity index (χ1n) is 7.14. The van der Waals surface area contributed by atoms with Crippen molar-refractivity contribution in [2.75, 3.05) is 0 Å². The SMILES string of the molecule is O=CCCCC1CCC(Oc2cccc(Br)c2)CC1. The highest BCUT2D eigenvalue weighted by molar-refractivity contribution is 9.10. The average molecular weight is 325 g/mol. The summed E-state index contributed by atoms with van der Waals surface area (Å²) in [5, 5.41) is 0. The van der Waals surface area contributed by atoms with Crippen LogP contribution in [0.15, 0.2) is 28.7 Å². The van der Waals surface area contributed by atoms with Crippen LogP contribution in [0.2, 0.25) is 0 Å². The van der Waals surface area contributed by atoms with Crippen molar-refractivity contribution in [1.29, 1.82) is 0 Å². The van der Waals surface area contributed by atoms with E-state index in [1.54, 1.807) is 0 Å². The second-order valence-corrected chi connectivity index (χ2v) is 6.23. The van der Waals surface area contributed by atoms with E-state index in [9.17, 15) is 4.79 Å². The molecule has 1 aliphatic carbocycles. The van der Waals surface area contributed by atoms with Crippen molar-refractivity contribution < 1.29 is 9.53 Å². The summed E-state index contributed by atoms with van der Waals surface area (Å²) in [7, 11) is 0. The van der Waals surface area contributed by atoms with Gasteiger partial charge < -0.3 is 9.53 Å². The van der Waals surface area contributed by atoms with Crippen molar-refractivity contribution in [3.05, 3.63) is 28.7 Å². The summed E-state index contributed by atoms with van der Waals surface area (Å²) in [6.45, 7) is 0. The van der Waals surface area contributed by atoms with Gasteiger partial charge in [0.2, 0.25) is 0 Å². The maximum atomic E-state index is 10.3. The molecule has 3 heteroatoms. The molecule has 0 saturated heterocycles. The van der Waals surface area contributed by atoms with E-state index in [4.69, 9.17) is 4.74 Å². The summed E-state index contributed by atoms with van der Waals surface area (Å²) >= 11 is 3.46. The Morgan fingerprint density at radius 2 is 2.05 bits per heavy atom. The van der Waals surface area contributed by atoms with Crippen LogP contribution in [-0.2, 0) is 4.79 Å². The molecule has 1 aromatic rings. The molecule has 0 amide bonds. The van der Waals surface area contributed by atoms with Gasteiger partial charge in [-0.05, 0) is 56.2 Å². The van der Waals surface area contributed by atoms with Gasteiger partial charge in [0.25, 0.3) is 0 Å². The molecule has 19 heavy (non-hydrogen) atoms. The Bertz CT molecular complexity index is 397. The fourth-order valence-electron chi connectivity index (χ4n) is 2.76. The van der Waals surface area contributed by atoms with Crippen LogP contribution >= 0.6 is 15.9 Å². The second-order valence-electron chi connectivity index (χ2n) is 5.32. The lowest BCUT2D eigenvalue weighted by atomic mass is 9.84. The quantitative estimate of drug-likeness (QED) is 0.557. The van der Waals surface area contributed by atoms with Gasteiger partial charge in [0, 0.05) is 10.9 Å². The highest BCUT2D eigenvalue weighted by Gasteiger charge is 2.22. The first-order valence-corrected chi connectivity index (χ1v) is 7.93. The first kappa shape index (κ1) is 14.6. The molecule has 1 aromatic carbocycles. The lowest BCUT2D eigenvalue weighted by molar-refractivity contribution is -0.108. The monoisotopic (exact) mass is 324 g/mol. The summed E-state index contributed by atoms with van der Waals surface area (Å²) in [4.78, 5) is 10.3. The van der Waals surface area contributed by atoms with E-state index in [2.05, 4.69) is 15.9 Å². The van der Waals surface area contributed by atoms with Gasteiger partial charge in [-0.2, -0.15) is 0 Å². The van der Waals surface area contributed by atoms with Crippen molar-refractivity contribution in [2.45, 2.75) is 51.0 Å². The zero-order valence-corrected chi connectivity index (χ0v) is 12.8. The lowest BCUT2D eigenvalue weighted by Crippen LogP contribution is -2.24. The fourth-order valence-corrected chi connectivity index (χ4v) is 3.14. The third-order valence-corrected chi connectivity index (χ3v) is 4.32. The summed E-state index contributed by atoms with van der Waals surface area (Å²) in [6, 6.07) is 8.05. The zero-order valence-electron chi connectivity index (χ0n) is 11.2. The van der Waals surface area contributed by atoms with Gasteiger partial charge in [-0.15, -0.1) is 0 Å². The third-order valence-electron chi connectivity index (χ3n) is 3.83. The number of carbonyl (C=O) groups excluding carboxylic acids is 1. The van der Waals surface area contributed by atoms with Gasteiger partial charge >= 0.3 is 0 Å². The van der Waals surface area contributed by atoms with Gasteiger partial charge in [0.15, 0.2) is 0 Å². The lowest BCUT2D eigenvalue weighted by Gasteiger charge is -2.29. The van der Waals surface area contributed by atoms with Gasteiger partial charge in [0.1, 0.15) is 12.0 Å². The zero-order chi connectivity index (χ0) is 13.5. The van der Waals surface area contributed by atoms with E-state index >= 15 is 0 Å². The Morgan fingerprint density at radius 1 is 1.26 bits per heavy atom. The van der Waals surface area contributed by atoms with Crippen LogP contribution < -0.4 is 4.74 Å². The molecule has 0 aromatic heterocycles. The van der Waals surface area contributed by atoms with Crippen molar-refractivity contribution >= 4 is 22.2 Å². The molecule has 0 aliphatic heterocycles. The molecule has 104 valence electrons. The van der Waals surface area contributed by atoms with Crippen molar-refractivity contribution in [3.8, 4) is 5.75 Å². The van der Waals surface area contributed by atoms with Crippen molar-refractivity contribution in [1.82, 2.24) is 0 Å². The summed E-state index contributed by atoms with van der Waals surface area (Å²) < 4.78 is 7.09. The molecular formula is C16H21BrO2. The normalized spacial score (nSPS) is 23.0. The van der Waals surface area contributed by atoms with Gasteiger partial charge in [0.05, 0.1) is 6.10 Å². The smallest absolute Gasteiger partial charge is 0.120 e. The Kier molecular flexibility index (Phi) is 5.90. The fraction of sp³-hybridized carbons (Fsp3) is 0.562. The minimum Gasteiger partial charge on any atom is -0.490 e. The number of halogens is 1. The molecule has 0 bridgehead atoms. The molecule has 1 fully saturated rings. The standard InChI is InChI=1S/C16H21BrO2/c17-14-5-3-6-16(12-14)19-15-9-7-13(8-10-15)4-1-2-11-18/h3,5-6,11-13,15H,1-2,4,7-10H2. The largest absolute Gasteiger partial charge is 0.490 e. The van der Waals surface area contributed by atoms with Gasteiger partial charge in [-0.3, -0.25) is 0 Å². The Morgan fingerprint density at radius 3 is 2.74 bits per heavy atom. The molecule has 0 atom stereocenters. The highest BCUT2D eigenvalue weighted by atomic mass is 79.9. The molecule has 0 N–H and O–H groups in total. The van der Waals surface area contributed by atoms with E-state index in [1.807, 2.05) is 24.3 Å². The first-order chi connectivity index (χ1) is 9.28. The van der Waals surface area contributed by atoms with Crippen LogP contribution in [0.25, 0.3) is 0 Å². The average Bonchev–Trinajstić information content (AvgIpc) is 2.41. The Hall–Kier alpha value is -0.830. The highest BCUT2D eigenvalue weighted by Crippen LogP contribution is 2.31. The number of rotatable bonds is 6. The van der Waals surface area contributed by atoms with E-state index in [0.717, 1.165) is 41.7 Å². The van der Waals surface area contributed by atoms with E-state index in [1.165, 1.54) is 19.3 Å². The minimum absolute atomic E-state index is 0.358. The molecule has 0 unspecified atom stereocenters. The molecule has 0 radical (unpaired) electrons. The Labute approximate surface area is 123 Å². The van der Waals surface area contributed by atoms with Crippen LogP contribution in [0, 0.1) is 5.92 Å². The van der Waals surface area contributed by atoms with Crippen LogP contribution in [0.1, 0.15) is 44.9 Å². The summed E-state index contributed by atoms with van der Waals surface area (Å²) in [5.74, 6) is 1.75. The van der Waals surface area contributed by atoms with Gasteiger partial charge in [-0.1, -0.05) is 28.4 Å². The maximum absolute atomic E-state index is 10.3. The number of hydrogen-bond acceptors (Lipinski definition) is 2. The number of unbranched alkanes of at least 4 members (excludes halogenated alkanes) is 1. The maximum Gasteiger partial charge on any atom is 0.120 e. The van der Waals surface area contributed by atoms with E-state index < -0.39 is 0 Å². The molecule has 0 spiro atoms. The molecular weight excluding hydrogens is 304 g/mol. The van der Waals surface area contributed by atoms with Gasteiger partial charge in [-0.25, -0.2) is 0 Å². The van der Waals surface area contributed by atoms with Crippen LogP contribution in [0.3, 0.4) is 0 Å². The summed E-state index contributed by atoms with van der Waals surface area (Å²) in [6.07, 6.45) is 9.09. The van der Waals surface area contributed by atoms with E-state index in [-0.39, 0.29) is 0 Å². The van der Waals surface area contributed by atoms with Crippen molar-refractivity contribution in [2.24, 2.45) is 5.92 Å². The number of hydrogen-bond donors (Lipinski definition) is 0. The molecule has 2 rings (SSSR count). The number of aldehydes is 1.